The maximum Gasteiger partial charge on any atom is 0.217 e. The van der Waals surface area contributed by atoms with Crippen LogP contribution in [0.25, 0.3) is 0 Å². The van der Waals surface area contributed by atoms with E-state index in [-0.39, 0.29) is 29.9 Å². The van der Waals surface area contributed by atoms with E-state index in [1.807, 2.05) is 7.05 Å². The molecule has 2 rings (SSSR count). The zero-order valence-electron chi connectivity index (χ0n) is 15.7. The predicted molar refractivity (Wildman–Crippen MR) is 113 cm³/mol. The molecule has 1 atom stereocenters. The van der Waals surface area contributed by atoms with Crippen LogP contribution in [0.15, 0.2) is 4.99 Å². The van der Waals surface area contributed by atoms with Crippen molar-refractivity contribution in [3.05, 3.63) is 0 Å². The topological polar surface area (TPSA) is 77.2 Å². The Labute approximate surface area is 169 Å². The van der Waals surface area contributed by atoms with Gasteiger partial charge in [-0.25, -0.2) is 0 Å². The number of amides is 1. The molecule has 7 nitrogen and oxygen atoms in total. The summed E-state index contributed by atoms with van der Waals surface area (Å²) in [5.41, 5.74) is 5.35. The number of primary amides is 1. The summed E-state index contributed by atoms with van der Waals surface area (Å²) in [4.78, 5) is 22.9. The fraction of sp³-hybridized carbons (Fsp3) is 0.882. The van der Waals surface area contributed by atoms with E-state index in [4.69, 9.17) is 5.73 Å². The maximum absolute atomic E-state index is 11.2. The van der Waals surface area contributed by atoms with E-state index in [9.17, 15) is 4.79 Å². The van der Waals surface area contributed by atoms with Gasteiger partial charge in [0, 0.05) is 65.8 Å². The Bertz CT molecular complexity index is 425. The van der Waals surface area contributed by atoms with Gasteiger partial charge in [0.15, 0.2) is 5.96 Å². The number of hydrogen-bond donors (Lipinski definition) is 2. The van der Waals surface area contributed by atoms with Crippen molar-refractivity contribution in [2.75, 3.05) is 66.0 Å². The third kappa shape index (κ3) is 7.65. The van der Waals surface area contributed by atoms with E-state index in [2.05, 4.69) is 31.9 Å². The lowest BCUT2D eigenvalue weighted by atomic mass is 9.95. The van der Waals surface area contributed by atoms with Crippen LogP contribution in [0.5, 0.6) is 0 Å². The highest BCUT2D eigenvalue weighted by atomic mass is 127. The monoisotopic (exact) mass is 466 g/mol. The molecule has 0 radical (unpaired) electrons. The van der Waals surface area contributed by atoms with Crippen molar-refractivity contribution in [1.29, 1.82) is 0 Å². The second kappa shape index (κ2) is 11.9. The first-order valence-electron chi connectivity index (χ1n) is 9.31. The fourth-order valence-corrected chi connectivity index (χ4v) is 3.70. The Morgan fingerprint density at radius 3 is 2.48 bits per heavy atom. The Hall–Kier alpha value is -0.610. The van der Waals surface area contributed by atoms with Crippen molar-refractivity contribution in [3.8, 4) is 0 Å². The summed E-state index contributed by atoms with van der Waals surface area (Å²) in [5, 5.41) is 3.49. The standard InChI is InChI=1S/C17H34N6O.HI/c1-3-21-9-11-22(12-10-21)8-6-20-17(19-2)23-7-4-5-15(14-23)13-16(18)24;/h15H,3-14H2,1-2H3,(H2,18,24)(H,19,20);1H. The molecule has 1 unspecified atom stereocenters. The van der Waals surface area contributed by atoms with E-state index in [0.717, 1.165) is 64.6 Å². The van der Waals surface area contributed by atoms with E-state index in [1.165, 1.54) is 13.1 Å². The number of piperazine rings is 1. The molecule has 2 saturated heterocycles. The molecule has 0 spiro atoms. The number of halogens is 1. The molecule has 0 aromatic heterocycles. The van der Waals surface area contributed by atoms with Crippen LogP contribution in [0.1, 0.15) is 26.2 Å². The summed E-state index contributed by atoms with van der Waals surface area (Å²) >= 11 is 0. The van der Waals surface area contributed by atoms with Gasteiger partial charge in [0.05, 0.1) is 0 Å². The second-order valence-corrected chi connectivity index (χ2v) is 6.87. The molecule has 0 aliphatic carbocycles. The van der Waals surface area contributed by atoms with Gasteiger partial charge in [0.2, 0.25) is 5.91 Å². The van der Waals surface area contributed by atoms with Crippen LogP contribution in [-0.4, -0.2) is 92.5 Å². The first-order chi connectivity index (χ1) is 11.6. The Morgan fingerprint density at radius 2 is 1.88 bits per heavy atom. The van der Waals surface area contributed by atoms with E-state index >= 15 is 0 Å². The minimum Gasteiger partial charge on any atom is -0.370 e. The summed E-state index contributed by atoms with van der Waals surface area (Å²) < 4.78 is 0. The van der Waals surface area contributed by atoms with Crippen LogP contribution in [0.2, 0.25) is 0 Å². The van der Waals surface area contributed by atoms with Crippen LogP contribution < -0.4 is 11.1 Å². The van der Waals surface area contributed by atoms with Crippen LogP contribution in [-0.2, 0) is 4.79 Å². The summed E-state index contributed by atoms with van der Waals surface area (Å²) in [6.45, 7) is 11.9. The normalized spacial score (nSPS) is 23.2. The van der Waals surface area contributed by atoms with Gasteiger partial charge in [0.25, 0.3) is 0 Å². The van der Waals surface area contributed by atoms with Gasteiger partial charge in [-0.3, -0.25) is 14.7 Å². The van der Waals surface area contributed by atoms with Gasteiger partial charge in [-0.2, -0.15) is 0 Å². The summed E-state index contributed by atoms with van der Waals surface area (Å²) in [6, 6.07) is 0. The van der Waals surface area contributed by atoms with Crippen molar-refractivity contribution in [2.45, 2.75) is 26.2 Å². The molecule has 2 heterocycles. The number of nitrogens with two attached hydrogens (primary N) is 1. The van der Waals surface area contributed by atoms with Crippen molar-refractivity contribution in [2.24, 2.45) is 16.6 Å². The number of rotatable bonds is 6. The molecular weight excluding hydrogens is 431 g/mol. The highest BCUT2D eigenvalue weighted by Gasteiger charge is 2.23. The highest BCUT2D eigenvalue weighted by molar-refractivity contribution is 14.0. The minimum absolute atomic E-state index is 0. The molecule has 1 amide bonds. The van der Waals surface area contributed by atoms with Crippen molar-refractivity contribution in [3.63, 3.8) is 0 Å². The second-order valence-electron chi connectivity index (χ2n) is 6.87. The van der Waals surface area contributed by atoms with Crippen LogP contribution in [0, 0.1) is 5.92 Å². The Kier molecular flexibility index (Phi) is 10.7. The zero-order chi connectivity index (χ0) is 17.4. The van der Waals surface area contributed by atoms with Crippen molar-refractivity contribution in [1.82, 2.24) is 20.0 Å². The zero-order valence-corrected chi connectivity index (χ0v) is 18.1. The van der Waals surface area contributed by atoms with Gasteiger partial charge < -0.3 is 20.9 Å². The third-order valence-corrected chi connectivity index (χ3v) is 5.14. The number of carbonyl (C=O) groups excluding carboxylic acids is 1. The number of likely N-dealkylation sites (N-methyl/N-ethyl adjacent to an activating group) is 1. The van der Waals surface area contributed by atoms with E-state index in [0.29, 0.717) is 12.3 Å². The van der Waals surface area contributed by atoms with E-state index in [1.54, 1.807) is 0 Å². The SMILES string of the molecule is CCN1CCN(CCNC(=NC)N2CCCC(CC(N)=O)C2)CC1.I. The number of nitrogens with one attached hydrogen (secondary N) is 1. The molecule has 2 fully saturated rings. The predicted octanol–water partition coefficient (Wildman–Crippen LogP) is 0.405. The molecule has 0 saturated carbocycles. The summed E-state index contributed by atoms with van der Waals surface area (Å²) in [7, 11) is 1.83. The molecule has 0 aromatic carbocycles. The number of hydrogen-bond acceptors (Lipinski definition) is 4. The maximum atomic E-state index is 11.2. The first kappa shape index (κ1) is 22.4. The Morgan fingerprint density at radius 1 is 1.20 bits per heavy atom. The molecule has 8 heteroatoms. The molecular formula is C17H35IN6O. The number of piperidine rings is 1. The summed E-state index contributed by atoms with van der Waals surface area (Å²) in [5.74, 6) is 1.12. The highest BCUT2D eigenvalue weighted by Crippen LogP contribution is 2.19. The van der Waals surface area contributed by atoms with Gasteiger partial charge in [-0.15, -0.1) is 24.0 Å². The lowest BCUT2D eigenvalue weighted by Gasteiger charge is -2.36. The lowest BCUT2D eigenvalue weighted by molar-refractivity contribution is -0.119. The van der Waals surface area contributed by atoms with Gasteiger partial charge in [0.1, 0.15) is 0 Å². The molecule has 0 bridgehead atoms. The van der Waals surface area contributed by atoms with E-state index < -0.39 is 0 Å². The Balaban J connectivity index is 0.00000312. The van der Waals surface area contributed by atoms with Crippen LogP contribution in [0.3, 0.4) is 0 Å². The van der Waals surface area contributed by atoms with Crippen molar-refractivity contribution < 1.29 is 4.79 Å². The number of nitrogens with zero attached hydrogens (tertiary/aromatic N) is 4. The molecule has 25 heavy (non-hydrogen) atoms. The molecule has 146 valence electrons. The van der Waals surface area contributed by atoms with Gasteiger partial charge in [-0.1, -0.05) is 6.92 Å². The van der Waals surface area contributed by atoms with Crippen LogP contribution >= 0.6 is 24.0 Å². The largest absolute Gasteiger partial charge is 0.370 e. The van der Waals surface area contributed by atoms with Crippen molar-refractivity contribution >= 4 is 35.8 Å². The third-order valence-electron chi connectivity index (χ3n) is 5.14. The lowest BCUT2D eigenvalue weighted by Crippen LogP contribution is -2.51. The van der Waals surface area contributed by atoms with Crippen LogP contribution in [0.4, 0.5) is 0 Å². The minimum atomic E-state index is -0.198. The quantitative estimate of drug-likeness (QED) is 0.337. The number of guanidine groups is 1. The average molecular weight is 466 g/mol. The first-order valence-corrected chi connectivity index (χ1v) is 9.31. The van der Waals surface area contributed by atoms with Gasteiger partial charge in [-0.05, 0) is 25.3 Å². The number of aliphatic imine (C=N–C) groups is 1. The number of likely N-dealkylation sites (tertiary alicyclic amines) is 1. The van der Waals surface area contributed by atoms with Gasteiger partial charge >= 0.3 is 0 Å². The number of carbonyl (C=O) groups is 1. The smallest absolute Gasteiger partial charge is 0.217 e. The molecule has 3 N–H and O–H groups in total. The molecule has 2 aliphatic rings. The molecule has 2 aliphatic heterocycles. The fourth-order valence-electron chi connectivity index (χ4n) is 3.70. The molecule has 0 aromatic rings. The summed E-state index contributed by atoms with van der Waals surface area (Å²) in [6.07, 6.45) is 2.66. The average Bonchev–Trinajstić information content (AvgIpc) is 2.59.